The van der Waals surface area contributed by atoms with E-state index >= 15 is 0 Å². The number of rotatable bonds is 3. The molecule has 0 aliphatic heterocycles. The molecular formula is C11H19NO2. The predicted octanol–water partition coefficient (Wildman–Crippen LogP) is 1.72. The maximum absolute atomic E-state index is 11.1. The average molecular weight is 197 g/mol. The fourth-order valence-electron chi connectivity index (χ4n) is 2.64. The zero-order chi connectivity index (χ0) is 10.1. The van der Waals surface area contributed by atoms with Gasteiger partial charge in [0.05, 0.1) is 5.92 Å². The summed E-state index contributed by atoms with van der Waals surface area (Å²) in [6.07, 6.45) is 6.76. The monoisotopic (exact) mass is 197 g/mol. The number of carboxylic acid groups (broad SMARTS) is 1. The Morgan fingerprint density at radius 1 is 1.21 bits per heavy atom. The molecule has 1 N–H and O–H groups in total. The second kappa shape index (κ2) is 3.89. The number of aliphatic carboxylic acids is 1. The van der Waals surface area contributed by atoms with Gasteiger partial charge >= 0.3 is 5.97 Å². The first-order valence-electron chi connectivity index (χ1n) is 5.65. The number of hydrogen-bond acceptors (Lipinski definition) is 2. The number of carboxylic acids is 1. The van der Waals surface area contributed by atoms with Gasteiger partial charge < -0.3 is 5.11 Å². The highest BCUT2D eigenvalue weighted by molar-refractivity contribution is 5.71. The third-order valence-corrected chi connectivity index (χ3v) is 3.69. The van der Waals surface area contributed by atoms with Gasteiger partial charge in [0.25, 0.3) is 0 Å². The Hall–Kier alpha value is -0.570. The van der Waals surface area contributed by atoms with Gasteiger partial charge in [-0.25, -0.2) is 0 Å². The Bertz CT molecular complexity index is 225. The van der Waals surface area contributed by atoms with Crippen molar-refractivity contribution in [2.24, 2.45) is 5.92 Å². The molecule has 0 spiro atoms. The predicted molar refractivity (Wildman–Crippen MR) is 54.2 cm³/mol. The summed E-state index contributed by atoms with van der Waals surface area (Å²) >= 11 is 0. The lowest BCUT2D eigenvalue weighted by Gasteiger charge is -2.35. The van der Waals surface area contributed by atoms with E-state index in [1.165, 1.54) is 19.3 Å². The molecule has 0 aromatic carbocycles. The summed E-state index contributed by atoms with van der Waals surface area (Å²) in [4.78, 5) is 13.4. The molecule has 0 amide bonds. The average Bonchev–Trinajstić information content (AvgIpc) is 3.00. The molecule has 0 aromatic heterocycles. The molecule has 2 aliphatic carbocycles. The minimum absolute atomic E-state index is 0.116. The Labute approximate surface area is 85.1 Å². The maximum atomic E-state index is 11.1. The summed E-state index contributed by atoms with van der Waals surface area (Å²) in [7, 11) is 2.10. The molecule has 0 saturated heterocycles. The molecule has 80 valence electrons. The van der Waals surface area contributed by atoms with Crippen LogP contribution in [-0.4, -0.2) is 35.1 Å². The highest BCUT2D eigenvalue weighted by Crippen LogP contribution is 2.35. The minimum atomic E-state index is -0.595. The summed E-state index contributed by atoms with van der Waals surface area (Å²) in [5.74, 6) is -0.712. The van der Waals surface area contributed by atoms with Crippen LogP contribution in [0.1, 0.15) is 38.5 Å². The quantitative estimate of drug-likeness (QED) is 0.749. The van der Waals surface area contributed by atoms with Gasteiger partial charge in [-0.2, -0.15) is 0 Å². The zero-order valence-corrected chi connectivity index (χ0v) is 8.78. The molecule has 0 unspecified atom stereocenters. The third-order valence-electron chi connectivity index (χ3n) is 3.69. The van der Waals surface area contributed by atoms with Crippen molar-refractivity contribution in [3.63, 3.8) is 0 Å². The molecule has 14 heavy (non-hydrogen) atoms. The van der Waals surface area contributed by atoms with Crippen LogP contribution in [0.15, 0.2) is 0 Å². The smallest absolute Gasteiger partial charge is 0.308 e. The van der Waals surface area contributed by atoms with Crippen LogP contribution in [0.2, 0.25) is 0 Å². The van der Waals surface area contributed by atoms with Crippen molar-refractivity contribution in [1.82, 2.24) is 4.90 Å². The van der Waals surface area contributed by atoms with Crippen molar-refractivity contribution in [2.45, 2.75) is 50.6 Å². The Balaban J connectivity index is 2.01. The van der Waals surface area contributed by atoms with E-state index in [2.05, 4.69) is 11.9 Å². The van der Waals surface area contributed by atoms with Crippen molar-refractivity contribution >= 4 is 5.97 Å². The van der Waals surface area contributed by atoms with E-state index < -0.39 is 5.97 Å². The molecule has 0 aromatic rings. The molecule has 2 fully saturated rings. The molecule has 0 radical (unpaired) electrons. The molecule has 3 nitrogen and oxygen atoms in total. The topological polar surface area (TPSA) is 40.5 Å². The maximum Gasteiger partial charge on any atom is 0.308 e. The molecule has 2 aliphatic rings. The van der Waals surface area contributed by atoms with Crippen LogP contribution in [0.3, 0.4) is 0 Å². The van der Waals surface area contributed by atoms with E-state index in [9.17, 15) is 4.79 Å². The van der Waals surface area contributed by atoms with E-state index in [0.717, 1.165) is 19.3 Å². The van der Waals surface area contributed by atoms with E-state index in [1.54, 1.807) is 0 Å². The highest BCUT2D eigenvalue weighted by Gasteiger charge is 2.38. The van der Waals surface area contributed by atoms with Gasteiger partial charge in [0.1, 0.15) is 0 Å². The van der Waals surface area contributed by atoms with Crippen molar-refractivity contribution in [3.05, 3.63) is 0 Å². The number of carbonyl (C=O) groups is 1. The van der Waals surface area contributed by atoms with E-state index in [-0.39, 0.29) is 5.92 Å². The molecular weight excluding hydrogens is 178 g/mol. The van der Waals surface area contributed by atoms with E-state index in [4.69, 9.17) is 5.11 Å². The van der Waals surface area contributed by atoms with Gasteiger partial charge in [-0.05, 0) is 32.7 Å². The SMILES string of the molecule is CN(C1CC1)[C@@H]1CCCC[C@H]1C(=O)O. The normalized spacial score (nSPS) is 33.3. The lowest BCUT2D eigenvalue weighted by molar-refractivity contribution is -0.145. The van der Waals surface area contributed by atoms with Crippen molar-refractivity contribution in [3.8, 4) is 0 Å². The van der Waals surface area contributed by atoms with Gasteiger partial charge in [0.15, 0.2) is 0 Å². The second-order valence-corrected chi connectivity index (χ2v) is 4.69. The summed E-state index contributed by atoms with van der Waals surface area (Å²) in [5.41, 5.74) is 0. The van der Waals surface area contributed by atoms with Crippen molar-refractivity contribution in [2.75, 3.05) is 7.05 Å². The van der Waals surface area contributed by atoms with Gasteiger partial charge in [-0.15, -0.1) is 0 Å². The first-order chi connectivity index (χ1) is 6.70. The van der Waals surface area contributed by atoms with Crippen LogP contribution in [0.4, 0.5) is 0 Å². The summed E-state index contributed by atoms with van der Waals surface area (Å²) in [5, 5.41) is 9.13. The lowest BCUT2D eigenvalue weighted by Crippen LogP contribution is -2.44. The van der Waals surface area contributed by atoms with Crippen molar-refractivity contribution in [1.29, 1.82) is 0 Å². The summed E-state index contributed by atoms with van der Waals surface area (Å²) in [6, 6.07) is 0.980. The summed E-state index contributed by atoms with van der Waals surface area (Å²) < 4.78 is 0. The van der Waals surface area contributed by atoms with Crippen LogP contribution in [0, 0.1) is 5.92 Å². The van der Waals surface area contributed by atoms with E-state index in [0.29, 0.717) is 12.1 Å². The molecule has 3 heteroatoms. The minimum Gasteiger partial charge on any atom is -0.481 e. The van der Waals surface area contributed by atoms with Crippen LogP contribution >= 0.6 is 0 Å². The molecule has 0 bridgehead atoms. The zero-order valence-electron chi connectivity index (χ0n) is 8.78. The first-order valence-corrected chi connectivity index (χ1v) is 5.65. The fourth-order valence-corrected chi connectivity index (χ4v) is 2.64. The van der Waals surface area contributed by atoms with Gasteiger partial charge in [0, 0.05) is 12.1 Å². The Kier molecular flexibility index (Phi) is 2.77. The number of nitrogens with zero attached hydrogens (tertiary/aromatic N) is 1. The van der Waals surface area contributed by atoms with Crippen LogP contribution in [0.25, 0.3) is 0 Å². The first kappa shape index (κ1) is 9.97. The van der Waals surface area contributed by atoms with Gasteiger partial charge in [-0.3, -0.25) is 9.69 Å². The van der Waals surface area contributed by atoms with Gasteiger partial charge in [-0.1, -0.05) is 12.8 Å². The standard InChI is InChI=1S/C11H19NO2/c1-12(8-6-7-8)10-5-3-2-4-9(10)11(13)14/h8-10H,2-7H2,1H3,(H,13,14)/t9-,10-/m1/s1. The summed E-state index contributed by atoms with van der Waals surface area (Å²) in [6.45, 7) is 0. The van der Waals surface area contributed by atoms with Crippen molar-refractivity contribution < 1.29 is 9.90 Å². The molecule has 0 heterocycles. The van der Waals surface area contributed by atoms with E-state index in [1.807, 2.05) is 0 Å². The Morgan fingerprint density at radius 3 is 2.43 bits per heavy atom. The molecule has 2 saturated carbocycles. The second-order valence-electron chi connectivity index (χ2n) is 4.69. The largest absolute Gasteiger partial charge is 0.481 e. The van der Waals surface area contributed by atoms with Crippen LogP contribution in [-0.2, 0) is 4.79 Å². The lowest BCUT2D eigenvalue weighted by atomic mass is 9.83. The number of hydrogen-bond donors (Lipinski definition) is 1. The molecule has 2 rings (SSSR count). The fraction of sp³-hybridized carbons (Fsp3) is 0.909. The van der Waals surface area contributed by atoms with Gasteiger partial charge in [0.2, 0.25) is 0 Å². The van der Waals surface area contributed by atoms with Crippen LogP contribution in [0.5, 0.6) is 0 Å². The van der Waals surface area contributed by atoms with Crippen LogP contribution < -0.4 is 0 Å². The third kappa shape index (κ3) is 1.92. The Morgan fingerprint density at radius 2 is 1.86 bits per heavy atom. The highest BCUT2D eigenvalue weighted by atomic mass is 16.4. The molecule has 2 atom stereocenters.